The summed E-state index contributed by atoms with van der Waals surface area (Å²) in [6.45, 7) is 0. The number of hydrogen-bond donors (Lipinski definition) is 1. The third kappa shape index (κ3) is 2.53. The van der Waals surface area contributed by atoms with Crippen LogP contribution in [0.3, 0.4) is 0 Å². The highest BCUT2D eigenvalue weighted by atomic mass is 32.1. The summed E-state index contributed by atoms with van der Waals surface area (Å²) in [5, 5.41) is 10.8. The second kappa shape index (κ2) is 5.41. The van der Waals surface area contributed by atoms with E-state index in [9.17, 15) is 4.79 Å². The number of thiazole rings is 1. The summed E-state index contributed by atoms with van der Waals surface area (Å²) in [4.78, 5) is 15.8. The van der Waals surface area contributed by atoms with Gasteiger partial charge in [-0.3, -0.25) is 4.40 Å². The maximum absolute atomic E-state index is 10.7. The van der Waals surface area contributed by atoms with Crippen molar-refractivity contribution < 1.29 is 14.6 Å². The number of carbonyl (C=O) groups is 1. The second-order valence-corrected chi connectivity index (χ2v) is 5.16. The second-order valence-electron chi connectivity index (χ2n) is 4.33. The summed E-state index contributed by atoms with van der Waals surface area (Å²) in [6, 6.07) is 7.72. The van der Waals surface area contributed by atoms with Crippen LogP contribution in [-0.2, 0) is 4.79 Å². The zero-order valence-corrected chi connectivity index (χ0v) is 12.0. The van der Waals surface area contributed by atoms with Gasteiger partial charge in [-0.25, -0.2) is 9.78 Å². The zero-order valence-electron chi connectivity index (χ0n) is 11.2. The molecule has 0 aliphatic rings. The van der Waals surface area contributed by atoms with Gasteiger partial charge in [-0.05, 0) is 18.2 Å². The van der Waals surface area contributed by atoms with Crippen molar-refractivity contribution in [2.75, 3.05) is 7.11 Å². The highest BCUT2D eigenvalue weighted by Crippen LogP contribution is 2.29. The summed E-state index contributed by atoms with van der Waals surface area (Å²) < 4.78 is 7.17. The number of hydrogen-bond acceptors (Lipinski definition) is 4. The normalized spacial score (nSPS) is 11.3. The van der Waals surface area contributed by atoms with E-state index in [1.54, 1.807) is 19.4 Å². The van der Waals surface area contributed by atoms with E-state index in [1.807, 2.05) is 34.0 Å². The molecule has 0 saturated heterocycles. The van der Waals surface area contributed by atoms with E-state index in [4.69, 9.17) is 9.84 Å². The highest BCUT2D eigenvalue weighted by molar-refractivity contribution is 7.15. The predicted molar refractivity (Wildman–Crippen MR) is 81.7 cm³/mol. The van der Waals surface area contributed by atoms with Gasteiger partial charge in [0.25, 0.3) is 0 Å². The maximum Gasteiger partial charge on any atom is 0.328 e. The van der Waals surface area contributed by atoms with Crippen molar-refractivity contribution in [2.45, 2.75) is 0 Å². The molecule has 0 unspecified atom stereocenters. The van der Waals surface area contributed by atoms with Crippen LogP contribution in [0.4, 0.5) is 0 Å². The van der Waals surface area contributed by atoms with Crippen molar-refractivity contribution in [3.8, 4) is 17.0 Å². The molecule has 1 aromatic carbocycles. The van der Waals surface area contributed by atoms with E-state index < -0.39 is 5.97 Å². The Morgan fingerprint density at radius 2 is 2.33 bits per heavy atom. The minimum atomic E-state index is -0.983. The van der Waals surface area contributed by atoms with Crippen LogP contribution in [-0.4, -0.2) is 27.6 Å². The molecule has 3 rings (SSSR count). The lowest BCUT2D eigenvalue weighted by Gasteiger charge is -2.04. The van der Waals surface area contributed by atoms with Crippen LogP contribution in [0, 0.1) is 0 Å². The van der Waals surface area contributed by atoms with Gasteiger partial charge in [0, 0.05) is 17.0 Å². The molecule has 0 aliphatic carbocycles. The Hall–Kier alpha value is -2.60. The van der Waals surface area contributed by atoms with Gasteiger partial charge in [0.05, 0.1) is 24.7 Å². The molecule has 2 aromatic heterocycles. The summed E-state index contributed by atoms with van der Waals surface area (Å²) >= 11 is 1.51. The molecule has 0 bridgehead atoms. The van der Waals surface area contributed by atoms with E-state index in [0.29, 0.717) is 0 Å². The number of nitrogens with zero attached hydrogens (tertiary/aromatic N) is 2. The third-order valence-electron chi connectivity index (χ3n) is 3.04. The van der Waals surface area contributed by atoms with Crippen LogP contribution in [0.25, 0.3) is 22.3 Å². The Kier molecular flexibility index (Phi) is 3.45. The molecular formula is C15H12N2O3S. The predicted octanol–water partition coefficient (Wildman–Crippen LogP) is 3.17. The van der Waals surface area contributed by atoms with E-state index in [1.165, 1.54) is 11.3 Å². The molecule has 0 spiro atoms. The molecule has 21 heavy (non-hydrogen) atoms. The Morgan fingerprint density at radius 3 is 3.10 bits per heavy atom. The average Bonchev–Trinajstić information content (AvgIpc) is 3.07. The molecular weight excluding hydrogens is 288 g/mol. The molecule has 3 aromatic rings. The van der Waals surface area contributed by atoms with E-state index in [2.05, 4.69) is 4.98 Å². The van der Waals surface area contributed by atoms with Crippen molar-refractivity contribution in [2.24, 2.45) is 0 Å². The number of methoxy groups -OCH3 is 1. The van der Waals surface area contributed by atoms with Crippen LogP contribution < -0.4 is 4.74 Å². The number of rotatable bonds is 4. The minimum Gasteiger partial charge on any atom is -0.497 e. The molecule has 1 N–H and O–H groups in total. The standard InChI is InChI=1S/C15H12N2O3S/c1-20-12-4-2-3-10(7-12)13-9-21-15-16-8-11(17(13)15)5-6-14(18)19/h2-9H,1H3,(H,18,19)/b6-5+. The first-order valence-corrected chi connectivity index (χ1v) is 7.07. The van der Waals surface area contributed by atoms with Crippen molar-refractivity contribution in [3.05, 3.63) is 47.6 Å². The molecule has 6 heteroatoms. The van der Waals surface area contributed by atoms with Crippen molar-refractivity contribution in [1.82, 2.24) is 9.38 Å². The summed E-state index contributed by atoms with van der Waals surface area (Å²) in [5.74, 6) is -0.210. The van der Waals surface area contributed by atoms with Crippen LogP contribution in [0.15, 0.2) is 41.9 Å². The minimum absolute atomic E-state index is 0.728. The van der Waals surface area contributed by atoms with Crippen LogP contribution in [0.2, 0.25) is 0 Å². The number of benzene rings is 1. The molecule has 106 valence electrons. The fourth-order valence-electron chi connectivity index (χ4n) is 2.09. The lowest BCUT2D eigenvalue weighted by Crippen LogP contribution is -1.91. The van der Waals surface area contributed by atoms with Crippen molar-refractivity contribution in [1.29, 1.82) is 0 Å². The van der Waals surface area contributed by atoms with Crippen LogP contribution in [0.5, 0.6) is 5.75 Å². The fraction of sp³-hybridized carbons (Fsp3) is 0.0667. The topological polar surface area (TPSA) is 63.8 Å². The van der Waals surface area contributed by atoms with Gasteiger partial charge < -0.3 is 9.84 Å². The molecule has 2 heterocycles. The van der Waals surface area contributed by atoms with E-state index in [0.717, 1.165) is 33.7 Å². The van der Waals surface area contributed by atoms with Crippen molar-refractivity contribution >= 4 is 28.3 Å². The SMILES string of the molecule is COc1cccc(-c2csc3ncc(/C=C/C(=O)O)n23)c1. The first kappa shape index (κ1) is 13.4. The molecule has 5 nitrogen and oxygen atoms in total. The number of fused-ring (bicyclic) bond motifs is 1. The molecule has 0 aliphatic heterocycles. The fourth-order valence-corrected chi connectivity index (χ4v) is 2.97. The number of aliphatic carboxylic acids is 1. The van der Waals surface area contributed by atoms with Crippen molar-refractivity contribution in [3.63, 3.8) is 0 Å². The van der Waals surface area contributed by atoms with Gasteiger partial charge >= 0.3 is 5.97 Å². The Labute approximate surface area is 124 Å². The zero-order chi connectivity index (χ0) is 14.8. The molecule has 0 atom stereocenters. The molecule has 0 fully saturated rings. The maximum atomic E-state index is 10.7. The lowest BCUT2D eigenvalue weighted by molar-refractivity contribution is -0.131. The molecule has 0 amide bonds. The van der Waals surface area contributed by atoms with E-state index >= 15 is 0 Å². The number of aromatic nitrogens is 2. The quantitative estimate of drug-likeness (QED) is 0.752. The number of carboxylic acids is 1. The Bertz CT molecular complexity index is 832. The van der Waals surface area contributed by atoms with Gasteiger partial charge in [0.2, 0.25) is 0 Å². The van der Waals surface area contributed by atoms with Crippen LogP contribution in [0.1, 0.15) is 5.69 Å². The van der Waals surface area contributed by atoms with Gasteiger partial charge in [-0.1, -0.05) is 12.1 Å². The van der Waals surface area contributed by atoms with Gasteiger partial charge in [-0.15, -0.1) is 11.3 Å². The van der Waals surface area contributed by atoms with Crippen LogP contribution >= 0.6 is 11.3 Å². The first-order valence-electron chi connectivity index (χ1n) is 6.19. The summed E-state index contributed by atoms with van der Waals surface area (Å²) in [6.07, 6.45) is 4.31. The third-order valence-corrected chi connectivity index (χ3v) is 3.88. The molecule has 0 radical (unpaired) electrons. The average molecular weight is 300 g/mol. The van der Waals surface area contributed by atoms with E-state index in [-0.39, 0.29) is 0 Å². The van der Waals surface area contributed by atoms with Gasteiger partial charge in [0.15, 0.2) is 4.96 Å². The number of ether oxygens (including phenoxy) is 1. The summed E-state index contributed by atoms with van der Waals surface area (Å²) in [7, 11) is 1.63. The smallest absolute Gasteiger partial charge is 0.328 e. The Balaban J connectivity index is 2.14. The Morgan fingerprint density at radius 1 is 1.48 bits per heavy atom. The summed E-state index contributed by atoms with van der Waals surface area (Å²) in [5.41, 5.74) is 2.67. The molecule has 0 saturated carbocycles. The van der Waals surface area contributed by atoms with Gasteiger partial charge in [-0.2, -0.15) is 0 Å². The highest BCUT2D eigenvalue weighted by Gasteiger charge is 2.11. The number of carboxylic acid groups (broad SMARTS) is 1. The lowest BCUT2D eigenvalue weighted by atomic mass is 10.1. The largest absolute Gasteiger partial charge is 0.497 e. The first-order chi connectivity index (χ1) is 10.2. The number of imidazole rings is 1. The monoisotopic (exact) mass is 300 g/mol. The van der Waals surface area contributed by atoms with Gasteiger partial charge in [0.1, 0.15) is 5.75 Å².